The van der Waals surface area contributed by atoms with Gasteiger partial charge in [-0.1, -0.05) is 0 Å². The molecule has 0 N–H and O–H groups in total. The van der Waals surface area contributed by atoms with E-state index in [4.69, 9.17) is 0 Å². The van der Waals surface area contributed by atoms with E-state index in [1.54, 1.807) is 0 Å². The van der Waals surface area contributed by atoms with Crippen LogP contribution >= 0.6 is 0 Å². The molecule has 5 nitrogen and oxygen atoms in total. The highest BCUT2D eigenvalue weighted by Gasteiger charge is 2.22. The van der Waals surface area contributed by atoms with Gasteiger partial charge in [-0.15, -0.1) is 0 Å². The molecular formula is C16H9F4NO4S. The largest absolute Gasteiger partial charge is 0.424 e. The molecule has 10 heteroatoms. The fourth-order valence-electron chi connectivity index (χ4n) is 2.37. The van der Waals surface area contributed by atoms with Gasteiger partial charge in [0.25, 0.3) is 0 Å². The number of hydrogen-bond donors (Lipinski definition) is 0. The second-order valence-corrected chi connectivity index (χ2v) is 7.34. The number of nitrogens with zero attached hydrogens (tertiary/aromatic N) is 1. The van der Waals surface area contributed by atoms with E-state index < -0.39 is 49.3 Å². The number of hydrogen-bond acceptors (Lipinski definition) is 4. The van der Waals surface area contributed by atoms with E-state index in [9.17, 15) is 30.8 Å². The number of benzene rings is 2. The maximum Gasteiger partial charge on any atom is 0.424 e. The van der Waals surface area contributed by atoms with Gasteiger partial charge in [-0.3, -0.25) is 0 Å². The van der Waals surface area contributed by atoms with Gasteiger partial charge in [-0.05, 0) is 24.3 Å². The number of oxazole rings is 1. The molecule has 1 aromatic heterocycles. The summed E-state index contributed by atoms with van der Waals surface area (Å²) in [6, 6.07) is 3.50. The monoisotopic (exact) mass is 387 g/mol. The van der Waals surface area contributed by atoms with Gasteiger partial charge in [0.2, 0.25) is 0 Å². The first kappa shape index (κ1) is 17.9. The Hall–Kier alpha value is -2.88. The molecule has 0 aliphatic rings. The molecule has 3 aromatic rings. The van der Waals surface area contributed by atoms with Gasteiger partial charge < -0.3 is 4.42 Å². The predicted molar refractivity (Wildman–Crippen MR) is 82.7 cm³/mol. The summed E-state index contributed by atoms with van der Waals surface area (Å²) >= 11 is 0. The molecule has 0 fully saturated rings. The molecule has 3 rings (SSSR count). The zero-order chi connectivity index (χ0) is 19.2. The first-order chi connectivity index (χ1) is 12.1. The van der Waals surface area contributed by atoms with Gasteiger partial charge in [-0.2, -0.15) is 0 Å². The molecule has 0 amide bonds. The second kappa shape index (κ2) is 6.13. The molecule has 0 atom stereocenters. The van der Waals surface area contributed by atoms with Crippen LogP contribution in [0.1, 0.15) is 0 Å². The Morgan fingerprint density at radius 1 is 0.923 bits per heavy atom. The van der Waals surface area contributed by atoms with Crippen molar-refractivity contribution in [2.24, 2.45) is 0 Å². The Labute approximate surface area is 144 Å². The maximum atomic E-state index is 14.4. The summed E-state index contributed by atoms with van der Waals surface area (Å²) in [7, 11) is -4.02. The Morgan fingerprint density at radius 2 is 1.62 bits per heavy atom. The summed E-state index contributed by atoms with van der Waals surface area (Å²) in [5, 5.41) is 0. The van der Waals surface area contributed by atoms with Crippen molar-refractivity contribution in [3.8, 4) is 16.9 Å². The molecular weight excluding hydrogens is 378 g/mol. The van der Waals surface area contributed by atoms with Crippen molar-refractivity contribution in [3.05, 3.63) is 70.4 Å². The van der Waals surface area contributed by atoms with Gasteiger partial charge in [0.05, 0.1) is 11.4 Å². The summed E-state index contributed by atoms with van der Waals surface area (Å²) in [6.45, 7) is 0. The van der Waals surface area contributed by atoms with Crippen LogP contribution in [0, 0.1) is 23.3 Å². The van der Waals surface area contributed by atoms with Gasteiger partial charge in [0.15, 0.2) is 21.5 Å². The molecule has 0 spiro atoms. The molecule has 0 aliphatic heterocycles. The molecule has 0 bridgehead atoms. The van der Waals surface area contributed by atoms with Crippen molar-refractivity contribution in [2.75, 3.05) is 6.26 Å². The van der Waals surface area contributed by atoms with Crippen LogP contribution in [-0.4, -0.2) is 19.2 Å². The molecule has 0 radical (unpaired) electrons. The maximum absolute atomic E-state index is 14.4. The van der Waals surface area contributed by atoms with Crippen LogP contribution < -0.4 is 5.76 Å². The van der Waals surface area contributed by atoms with Crippen molar-refractivity contribution in [2.45, 2.75) is 4.90 Å². The van der Waals surface area contributed by atoms with Crippen LogP contribution in [0.3, 0.4) is 0 Å². The average molecular weight is 387 g/mol. The third kappa shape index (κ3) is 3.03. The predicted octanol–water partition coefficient (Wildman–Crippen LogP) is 3.06. The zero-order valence-corrected chi connectivity index (χ0v) is 13.8. The lowest BCUT2D eigenvalue weighted by Crippen LogP contribution is -2.14. The molecule has 0 unspecified atom stereocenters. The number of aromatic nitrogens is 1. The van der Waals surface area contributed by atoms with Crippen LogP contribution in [0.25, 0.3) is 16.9 Å². The minimum absolute atomic E-state index is 0.190. The molecule has 0 aliphatic carbocycles. The number of rotatable bonds is 3. The lowest BCUT2D eigenvalue weighted by atomic mass is 10.1. The van der Waals surface area contributed by atoms with E-state index in [1.807, 2.05) is 0 Å². The van der Waals surface area contributed by atoms with E-state index in [1.165, 1.54) is 0 Å². The molecule has 1 heterocycles. The first-order valence-corrected chi connectivity index (χ1v) is 8.84. The van der Waals surface area contributed by atoms with E-state index in [2.05, 4.69) is 4.42 Å². The Kier molecular flexibility index (Phi) is 4.23. The minimum Gasteiger partial charge on any atom is -0.415 e. The minimum atomic E-state index is -4.02. The fraction of sp³-hybridized carbons (Fsp3) is 0.0625. The highest BCUT2D eigenvalue weighted by Crippen LogP contribution is 2.29. The molecule has 136 valence electrons. The zero-order valence-electron chi connectivity index (χ0n) is 13.0. The Morgan fingerprint density at radius 3 is 2.23 bits per heavy atom. The van der Waals surface area contributed by atoms with Crippen LogP contribution in [0.5, 0.6) is 0 Å². The highest BCUT2D eigenvalue weighted by molar-refractivity contribution is 7.90. The normalized spacial score (nSPS) is 11.7. The summed E-state index contributed by atoms with van der Waals surface area (Å²) in [6.07, 6.45) is 1.50. The summed E-state index contributed by atoms with van der Waals surface area (Å²) in [5.74, 6) is -5.88. The van der Waals surface area contributed by atoms with Gasteiger partial charge in [0, 0.05) is 17.9 Å². The standard InChI is InChI=1S/C16H9F4NO4S/c1-26(23,24)15-6-11(18)9(5-13(15)20)14-7-25-16(22)21(14)8-2-3-10(17)12(19)4-8/h2-7H,1H3. The smallest absolute Gasteiger partial charge is 0.415 e. The van der Waals surface area contributed by atoms with Crippen molar-refractivity contribution in [1.82, 2.24) is 4.57 Å². The molecule has 0 saturated carbocycles. The van der Waals surface area contributed by atoms with Gasteiger partial charge in [-0.25, -0.2) is 35.3 Å². The quantitative estimate of drug-likeness (QED) is 0.648. The van der Waals surface area contributed by atoms with E-state index in [0.717, 1.165) is 18.4 Å². The van der Waals surface area contributed by atoms with Crippen molar-refractivity contribution in [1.29, 1.82) is 0 Å². The van der Waals surface area contributed by atoms with Gasteiger partial charge >= 0.3 is 5.76 Å². The van der Waals surface area contributed by atoms with Crippen LogP contribution in [-0.2, 0) is 9.84 Å². The van der Waals surface area contributed by atoms with Crippen LogP contribution in [0.4, 0.5) is 17.6 Å². The fourth-order valence-corrected chi connectivity index (χ4v) is 3.10. The van der Waals surface area contributed by atoms with E-state index in [-0.39, 0.29) is 11.4 Å². The first-order valence-electron chi connectivity index (χ1n) is 6.95. The lowest BCUT2D eigenvalue weighted by molar-refractivity contribution is 0.498. The second-order valence-electron chi connectivity index (χ2n) is 5.36. The third-order valence-corrected chi connectivity index (χ3v) is 4.67. The number of halogens is 4. The average Bonchev–Trinajstić information content (AvgIpc) is 2.92. The van der Waals surface area contributed by atoms with Crippen molar-refractivity contribution >= 4 is 9.84 Å². The summed E-state index contributed by atoms with van der Waals surface area (Å²) in [5.41, 5.74) is -0.993. The topological polar surface area (TPSA) is 69.3 Å². The van der Waals surface area contributed by atoms with E-state index in [0.29, 0.717) is 29.0 Å². The number of sulfone groups is 1. The van der Waals surface area contributed by atoms with Crippen LogP contribution in [0.15, 0.2) is 50.7 Å². The highest BCUT2D eigenvalue weighted by atomic mass is 32.2. The van der Waals surface area contributed by atoms with Crippen LogP contribution in [0.2, 0.25) is 0 Å². The van der Waals surface area contributed by atoms with Crippen molar-refractivity contribution in [3.63, 3.8) is 0 Å². The molecule has 26 heavy (non-hydrogen) atoms. The van der Waals surface area contributed by atoms with Crippen molar-refractivity contribution < 1.29 is 30.4 Å². The lowest BCUT2D eigenvalue weighted by Gasteiger charge is -2.09. The summed E-state index contributed by atoms with van der Waals surface area (Å²) < 4.78 is 83.3. The summed E-state index contributed by atoms with van der Waals surface area (Å²) in [4.78, 5) is 11.0. The Balaban J connectivity index is 2.26. The van der Waals surface area contributed by atoms with E-state index >= 15 is 0 Å². The Bertz CT molecular complexity index is 1180. The molecule has 2 aromatic carbocycles. The third-order valence-electron chi connectivity index (χ3n) is 3.55. The molecule has 0 saturated heterocycles. The van der Waals surface area contributed by atoms with Gasteiger partial charge in [0.1, 0.15) is 22.8 Å². The SMILES string of the molecule is CS(=O)(=O)c1cc(F)c(-c2coc(=O)n2-c2ccc(F)c(F)c2)cc1F.